The Morgan fingerprint density at radius 1 is 1.56 bits per heavy atom. The average Bonchev–Trinajstić information content (AvgIpc) is 2.36. The summed E-state index contributed by atoms with van der Waals surface area (Å²) in [4.78, 5) is 15.9. The molecular formula is C12H15ClN2O3. The Bertz CT molecular complexity index is 413. The first kappa shape index (κ1) is 13.3. The Morgan fingerprint density at radius 2 is 2.39 bits per heavy atom. The van der Waals surface area contributed by atoms with Crippen molar-refractivity contribution in [3.63, 3.8) is 0 Å². The fourth-order valence-electron chi connectivity index (χ4n) is 1.72. The number of amides is 1. The van der Waals surface area contributed by atoms with Crippen LogP contribution < -0.4 is 5.32 Å². The van der Waals surface area contributed by atoms with E-state index in [4.69, 9.17) is 21.1 Å². The second-order valence-corrected chi connectivity index (χ2v) is 4.48. The van der Waals surface area contributed by atoms with E-state index in [-0.39, 0.29) is 12.0 Å². The second kappa shape index (κ2) is 6.13. The summed E-state index contributed by atoms with van der Waals surface area (Å²) in [5, 5.41) is 3.11. The van der Waals surface area contributed by atoms with Crippen LogP contribution in [0.4, 0.5) is 0 Å². The number of hydrogen-bond donors (Lipinski definition) is 1. The number of rotatable bonds is 3. The molecule has 1 aromatic heterocycles. The van der Waals surface area contributed by atoms with Gasteiger partial charge in [0, 0.05) is 17.8 Å². The van der Waals surface area contributed by atoms with E-state index in [0.29, 0.717) is 42.8 Å². The third kappa shape index (κ3) is 3.66. The summed E-state index contributed by atoms with van der Waals surface area (Å²) < 4.78 is 10.7. The molecule has 1 N–H and O–H groups in total. The molecule has 1 amide bonds. The number of aryl methyl sites for hydroxylation is 1. The lowest BCUT2D eigenvalue weighted by molar-refractivity contribution is -0.0855. The molecule has 0 bridgehead atoms. The van der Waals surface area contributed by atoms with E-state index < -0.39 is 0 Å². The van der Waals surface area contributed by atoms with Gasteiger partial charge in [-0.1, -0.05) is 11.6 Å². The van der Waals surface area contributed by atoms with Gasteiger partial charge in [0.25, 0.3) is 5.91 Å². The number of aromatic nitrogens is 1. The number of pyridine rings is 1. The monoisotopic (exact) mass is 270 g/mol. The largest absolute Gasteiger partial charge is 0.376 e. The molecular weight excluding hydrogens is 256 g/mol. The first-order valence-electron chi connectivity index (χ1n) is 5.77. The van der Waals surface area contributed by atoms with Crippen LogP contribution >= 0.6 is 11.6 Å². The van der Waals surface area contributed by atoms with Gasteiger partial charge in [-0.2, -0.15) is 0 Å². The van der Waals surface area contributed by atoms with Gasteiger partial charge in [0.2, 0.25) is 0 Å². The highest BCUT2D eigenvalue weighted by atomic mass is 35.5. The van der Waals surface area contributed by atoms with Crippen molar-refractivity contribution in [2.75, 3.05) is 26.4 Å². The predicted molar refractivity (Wildman–Crippen MR) is 66.9 cm³/mol. The molecule has 1 saturated heterocycles. The van der Waals surface area contributed by atoms with Crippen molar-refractivity contribution in [3.05, 3.63) is 28.5 Å². The van der Waals surface area contributed by atoms with Gasteiger partial charge in [-0.05, 0) is 19.1 Å². The summed E-state index contributed by atoms with van der Waals surface area (Å²) in [6, 6.07) is 3.24. The lowest BCUT2D eigenvalue weighted by Crippen LogP contribution is -2.39. The molecule has 1 aliphatic heterocycles. The molecule has 2 rings (SSSR count). The lowest BCUT2D eigenvalue weighted by Gasteiger charge is -2.23. The molecule has 18 heavy (non-hydrogen) atoms. The SMILES string of the molecule is Cc1cc(C(=O)NCC2COCCO2)cc(Cl)n1. The van der Waals surface area contributed by atoms with Gasteiger partial charge in [-0.25, -0.2) is 4.98 Å². The number of nitrogens with one attached hydrogen (secondary N) is 1. The van der Waals surface area contributed by atoms with E-state index >= 15 is 0 Å². The summed E-state index contributed by atoms with van der Waals surface area (Å²) >= 11 is 5.81. The molecule has 1 unspecified atom stereocenters. The number of halogens is 1. The molecule has 1 atom stereocenters. The number of nitrogens with zero attached hydrogens (tertiary/aromatic N) is 1. The molecule has 0 aliphatic carbocycles. The van der Waals surface area contributed by atoms with E-state index in [1.807, 2.05) is 0 Å². The molecule has 1 aromatic rings. The minimum absolute atomic E-state index is 0.0823. The summed E-state index contributed by atoms with van der Waals surface area (Å²) in [6.45, 7) is 3.92. The smallest absolute Gasteiger partial charge is 0.251 e. The molecule has 1 aliphatic rings. The van der Waals surface area contributed by atoms with Crippen LogP contribution in [-0.4, -0.2) is 43.4 Å². The first-order chi connectivity index (χ1) is 8.65. The zero-order valence-corrected chi connectivity index (χ0v) is 10.9. The van der Waals surface area contributed by atoms with Crippen LogP contribution in [0.1, 0.15) is 16.1 Å². The Morgan fingerprint density at radius 3 is 3.06 bits per heavy atom. The van der Waals surface area contributed by atoms with Crippen LogP contribution in [0.25, 0.3) is 0 Å². The van der Waals surface area contributed by atoms with Gasteiger partial charge < -0.3 is 14.8 Å². The molecule has 0 radical (unpaired) electrons. The van der Waals surface area contributed by atoms with Gasteiger partial charge in [-0.3, -0.25) is 4.79 Å². The zero-order chi connectivity index (χ0) is 13.0. The molecule has 5 nitrogen and oxygen atoms in total. The van der Waals surface area contributed by atoms with Gasteiger partial charge >= 0.3 is 0 Å². The second-order valence-electron chi connectivity index (χ2n) is 4.10. The van der Waals surface area contributed by atoms with E-state index in [1.165, 1.54) is 0 Å². The van der Waals surface area contributed by atoms with Crippen LogP contribution in [0.5, 0.6) is 0 Å². The third-order valence-electron chi connectivity index (χ3n) is 2.56. The normalized spacial score (nSPS) is 19.6. The number of hydrogen-bond acceptors (Lipinski definition) is 4. The number of carbonyl (C=O) groups excluding carboxylic acids is 1. The van der Waals surface area contributed by atoms with Gasteiger partial charge in [-0.15, -0.1) is 0 Å². The van der Waals surface area contributed by atoms with Gasteiger partial charge in [0.15, 0.2) is 0 Å². The van der Waals surface area contributed by atoms with Crippen LogP contribution in [0.15, 0.2) is 12.1 Å². The molecule has 1 fully saturated rings. The fourth-order valence-corrected chi connectivity index (χ4v) is 1.97. The molecule has 0 spiro atoms. The summed E-state index contributed by atoms with van der Waals surface area (Å²) in [5.74, 6) is -0.184. The van der Waals surface area contributed by atoms with Crippen molar-refractivity contribution in [3.8, 4) is 0 Å². The maximum atomic E-state index is 11.9. The van der Waals surface area contributed by atoms with Crippen LogP contribution in [-0.2, 0) is 9.47 Å². The third-order valence-corrected chi connectivity index (χ3v) is 2.75. The van der Waals surface area contributed by atoms with E-state index in [1.54, 1.807) is 19.1 Å². The van der Waals surface area contributed by atoms with Gasteiger partial charge in [0.1, 0.15) is 5.15 Å². The van der Waals surface area contributed by atoms with Crippen LogP contribution in [0.2, 0.25) is 5.15 Å². The van der Waals surface area contributed by atoms with E-state index in [0.717, 1.165) is 0 Å². The molecule has 98 valence electrons. The van der Waals surface area contributed by atoms with Crippen molar-refractivity contribution in [1.29, 1.82) is 0 Å². The minimum atomic E-state index is -0.184. The Hall–Kier alpha value is -1.17. The summed E-state index contributed by atoms with van der Waals surface area (Å²) in [7, 11) is 0. The summed E-state index contributed by atoms with van der Waals surface area (Å²) in [5.41, 5.74) is 1.22. The number of carbonyl (C=O) groups is 1. The zero-order valence-electron chi connectivity index (χ0n) is 10.1. The van der Waals surface area contributed by atoms with Crippen molar-refractivity contribution >= 4 is 17.5 Å². The highest BCUT2D eigenvalue weighted by Gasteiger charge is 2.16. The highest BCUT2D eigenvalue weighted by molar-refractivity contribution is 6.29. The van der Waals surface area contributed by atoms with Crippen LogP contribution in [0, 0.1) is 6.92 Å². The fraction of sp³-hybridized carbons (Fsp3) is 0.500. The number of ether oxygens (including phenoxy) is 2. The van der Waals surface area contributed by atoms with Gasteiger partial charge in [0.05, 0.1) is 25.9 Å². The quantitative estimate of drug-likeness (QED) is 0.838. The van der Waals surface area contributed by atoms with Crippen LogP contribution in [0.3, 0.4) is 0 Å². The first-order valence-corrected chi connectivity index (χ1v) is 6.14. The maximum absolute atomic E-state index is 11.9. The molecule has 0 aromatic carbocycles. The molecule has 6 heteroatoms. The average molecular weight is 271 g/mol. The Balaban J connectivity index is 1.90. The standard InChI is InChI=1S/C12H15ClN2O3/c1-8-4-9(5-11(13)15-8)12(16)14-6-10-7-17-2-3-18-10/h4-5,10H,2-3,6-7H2,1H3,(H,14,16). The van der Waals surface area contributed by atoms with Crippen molar-refractivity contribution in [1.82, 2.24) is 10.3 Å². The Labute approximate surface area is 110 Å². The van der Waals surface area contributed by atoms with Crippen molar-refractivity contribution in [2.45, 2.75) is 13.0 Å². The van der Waals surface area contributed by atoms with Crippen molar-refractivity contribution < 1.29 is 14.3 Å². The van der Waals surface area contributed by atoms with E-state index in [2.05, 4.69) is 10.3 Å². The highest BCUT2D eigenvalue weighted by Crippen LogP contribution is 2.10. The summed E-state index contributed by atoms with van der Waals surface area (Å²) in [6.07, 6.45) is -0.0823. The topological polar surface area (TPSA) is 60.5 Å². The molecule has 0 saturated carbocycles. The van der Waals surface area contributed by atoms with E-state index in [9.17, 15) is 4.79 Å². The molecule has 2 heterocycles. The maximum Gasteiger partial charge on any atom is 0.251 e. The minimum Gasteiger partial charge on any atom is -0.376 e. The predicted octanol–water partition coefficient (Wildman–Crippen LogP) is 1.19. The lowest BCUT2D eigenvalue weighted by atomic mass is 10.2. The Kier molecular flexibility index (Phi) is 4.52. The van der Waals surface area contributed by atoms with Crippen molar-refractivity contribution in [2.24, 2.45) is 0 Å².